The molecule has 1 amide bonds. The zero-order chi connectivity index (χ0) is 14.4. The second kappa shape index (κ2) is 7.28. The Bertz CT molecular complexity index is 461. The average molecular weight is 282 g/mol. The van der Waals surface area contributed by atoms with Gasteiger partial charge in [-0.1, -0.05) is 26.8 Å². The quantitative estimate of drug-likeness (QED) is 0.787. The summed E-state index contributed by atoms with van der Waals surface area (Å²) in [6.07, 6.45) is 0.262. The van der Waals surface area contributed by atoms with Crippen molar-refractivity contribution in [2.24, 2.45) is 5.92 Å². The van der Waals surface area contributed by atoms with Crippen LogP contribution in [0.4, 0.5) is 11.4 Å². The zero-order valence-corrected chi connectivity index (χ0v) is 12.5. The van der Waals surface area contributed by atoms with Crippen LogP contribution in [0.5, 0.6) is 0 Å². The van der Waals surface area contributed by atoms with Crippen molar-refractivity contribution in [3.8, 4) is 0 Å². The summed E-state index contributed by atoms with van der Waals surface area (Å²) >= 11 is 0. The second-order valence-electron chi connectivity index (χ2n) is 4.96. The lowest BCUT2D eigenvalue weighted by Crippen LogP contribution is -2.23. The molecule has 4 nitrogen and oxygen atoms in total. The molecule has 2 atom stereocenters. The van der Waals surface area contributed by atoms with E-state index in [-0.39, 0.29) is 17.6 Å². The van der Waals surface area contributed by atoms with Crippen LogP contribution in [0.25, 0.3) is 0 Å². The molecule has 0 fully saturated rings. The first kappa shape index (κ1) is 15.7. The smallest absolute Gasteiger partial charge is 0.225 e. The number of hydrogen-bond donors (Lipinski definition) is 2. The molecule has 3 N–H and O–H groups in total. The largest absolute Gasteiger partial charge is 0.399 e. The van der Waals surface area contributed by atoms with Crippen LogP contribution in [0.15, 0.2) is 24.3 Å². The molecule has 2 unspecified atom stereocenters. The number of rotatable bonds is 6. The standard InChI is InChI=1S/C14H22N2O2S/c1-10(2)11(3)19(18)8-7-14(17)16-13-6-4-5-12(15)9-13/h4-6,9-11H,7-8,15H2,1-3H3,(H,16,17). The first-order chi connectivity index (χ1) is 8.90. The Hall–Kier alpha value is -1.36. The average Bonchev–Trinajstić information content (AvgIpc) is 2.34. The van der Waals surface area contributed by atoms with E-state index >= 15 is 0 Å². The molecule has 0 saturated carbocycles. The summed E-state index contributed by atoms with van der Waals surface area (Å²) in [6, 6.07) is 7.02. The predicted octanol–water partition coefficient (Wildman–Crippen LogP) is 2.39. The van der Waals surface area contributed by atoms with Gasteiger partial charge < -0.3 is 11.1 Å². The maximum absolute atomic E-state index is 11.9. The van der Waals surface area contributed by atoms with Crippen LogP contribution >= 0.6 is 0 Å². The number of carbonyl (C=O) groups is 1. The van der Waals surface area contributed by atoms with Gasteiger partial charge in [-0.3, -0.25) is 9.00 Å². The van der Waals surface area contributed by atoms with Gasteiger partial charge in [-0.15, -0.1) is 0 Å². The Morgan fingerprint density at radius 2 is 2.05 bits per heavy atom. The summed E-state index contributed by atoms with van der Waals surface area (Å²) in [4.78, 5) is 11.7. The van der Waals surface area contributed by atoms with Gasteiger partial charge in [0.25, 0.3) is 0 Å². The Balaban J connectivity index is 2.42. The fourth-order valence-corrected chi connectivity index (χ4v) is 2.89. The molecular weight excluding hydrogens is 260 g/mol. The highest BCUT2D eigenvalue weighted by atomic mass is 32.2. The monoisotopic (exact) mass is 282 g/mol. The number of amides is 1. The van der Waals surface area contributed by atoms with Gasteiger partial charge in [0, 0.05) is 39.6 Å². The molecule has 5 heteroatoms. The van der Waals surface area contributed by atoms with E-state index in [1.54, 1.807) is 24.3 Å². The van der Waals surface area contributed by atoms with E-state index in [4.69, 9.17) is 5.73 Å². The van der Waals surface area contributed by atoms with Gasteiger partial charge in [-0.05, 0) is 24.1 Å². The van der Waals surface area contributed by atoms with Crippen LogP contribution in [0, 0.1) is 5.92 Å². The predicted molar refractivity (Wildman–Crippen MR) is 81.4 cm³/mol. The summed E-state index contributed by atoms with van der Waals surface area (Å²) in [5.41, 5.74) is 6.91. The highest BCUT2D eigenvalue weighted by Crippen LogP contribution is 2.13. The van der Waals surface area contributed by atoms with E-state index < -0.39 is 10.8 Å². The van der Waals surface area contributed by atoms with E-state index in [2.05, 4.69) is 5.32 Å². The Morgan fingerprint density at radius 3 is 2.63 bits per heavy atom. The maximum atomic E-state index is 11.9. The summed E-state index contributed by atoms with van der Waals surface area (Å²) in [5, 5.41) is 2.86. The van der Waals surface area contributed by atoms with Gasteiger partial charge in [-0.2, -0.15) is 0 Å². The van der Waals surface area contributed by atoms with Crippen molar-refractivity contribution in [3.05, 3.63) is 24.3 Å². The number of anilines is 2. The molecule has 1 aromatic carbocycles. The number of nitrogens with one attached hydrogen (secondary N) is 1. The zero-order valence-electron chi connectivity index (χ0n) is 11.7. The number of nitrogen functional groups attached to an aromatic ring is 1. The number of benzene rings is 1. The minimum atomic E-state index is -0.963. The Kier molecular flexibility index (Phi) is 6.02. The minimum Gasteiger partial charge on any atom is -0.399 e. The topological polar surface area (TPSA) is 72.2 Å². The summed E-state index contributed by atoms with van der Waals surface area (Å²) < 4.78 is 11.9. The molecular formula is C14H22N2O2S. The van der Waals surface area contributed by atoms with E-state index in [9.17, 15) is 9.00 Å². The third kappa shape index (κ3) is 5.42. The molecule has 0 aliphatic rings. The van der Waals surface area contributed by atoms with Crippen molar-refractivity contribution in [3.63, 3.8) is 0 Å². The molecule has 0 heterocycles. The van der Waals surface area contributed by atoms with Gasteiger partial charge in [0.05, 0.1) is 0 Å². The van der Waals surface area contributed by atoms with Crippen molar-refractivity contribution in [1.29, 1.82) is 0 Å². The van der Waals surface area contributed by atoms with Crippen LogP contribution in [0.1, 0.15) is 27.2 Å². The highest BCUT2D eigenvalue weighted by Gasteiger charge is 2.16. The lowest BCUT2D eigenvalue weighted by atomic mass is 10.2. The molecule has 0 aliphatic heterocycles. The highest BCUT2D eigenvalue weighted by molar-refractivity contribution is 7.85. The number of hydrogen-bond acceptors (Lipinski definition) is 3. The van der Waals surface area contributed by atoms with E-state index in [0.717, 1.165) is 0 Å². The molecule has 1 aromatic rings. The maximum Gasteiger partial charge on any atom is 0.225 e. The summed E-state index contributed by atoms with van der Waals surface area (Å²) in [7, 11) is -0.963. The van der Waals surface area contributed by atoms with Crippen LogP contribution in [-0.2, 0) is 15.6 Å². The second-order valence-corrected chi connectivity index (χ2v) is 6.87. The van der Waals surface area contributed by atoms with Crippen LogP contribution in [0.2, 0.25) is 0 Å². The van der Waals surface area contributed by atoms with Crippen LogP contribution < -0.4 is 11.1 Å². The van der Waals surface area contributed by atoms with Crippen molar-refractivity contribution >= 4 is 28.1 Å². The molecule has 1 rings (SSSR count). The SMILES string of the molecule is CC(C)C(C)S(=O)CCC(=O)Nc1cccc(N)c1. The van der Waals surface area contributed by atoms with Crippen molar-refractivity contribution in [1.82, 2.24) is 0 Å². The van der Waals surface area contributed by atoms with Gasteiger partial charge in [0.2, 0.25) is 5.91 Å². The van der Waals surface area contributed by atoms with Gasteiger partial charge in [0.15, 0.2) is 0 Å². The van der Waals surface area contributed by atoms with E-state index in [1.165, 1.54) is 0 Å². The summed E-state index contributed by atoms with van der Waals surface area (Å²) in [6.45, 7) is 6.03. The van der Waals surface area contributed by atoms with Gasteiger partial charge >= 0.3 is 0 Å². The van der Waals surface area contributed by atoms with E-state index in [1.807, 2.05) is 20.8 Å². The fraction of sp³-hybridized carbons (Fsp3) is 0.500. The normalized spacial score (nSPS) is 14.1. The first-order valence-electron chi connectivity index (χ1n) is 6.42. The van der Waals surface area contributed by atoms with Crippen molar-refractivity contribution in [2.75, 3.05) is 16.8 Å². The van der Waals surface area contributed by atoms with Gasteiger partial charge in [0.1, 0.15) is 0 Å². The number of carbonyl (C=O) groups excluding carboxylic acids is 1. The first-order valence-corrected chi connectivity index (χ1v) is 7.81. The molecule has 0 spiro atoms. The van der Waals surface area contributed by atoms with Crippen molar-refractivity contribution < 1.29 is 9.00 Å². The lowest BCUT2D eigenvalue weighted by molar-refractivity contribution is -0.115. The molecule has 106 valence electrons. The minimum absolute atomic E-state index is 0.111. The molecule has 19 heavy (non-hydrogen) atoms. The summed E-state index contributed by atoms with van der Waals surface area (Å²) in [5.74, 6) is 0.626. The molecule has 0 aromatic heterocycles. The molecule has 0 radical (unpaired) electrons. The van der Waals surface area contributed by atoms with Gasteiger partial charge in [-0.25, -0.2) is 0 Å². The lowest BCUT2D eigenvalue weighted by Gasteiger charge is -2.14. The third-order valence-corrected chi connectivity index (χ3v) is 5.03. The van der Waals surface area contributed by atoms with Crippen molar-refractivity contribution in [2.45, 2.75) is 32.4 Å². The molecule has 0 saturated heterocycles. The third-order valence-electron chi connectivity index (χ3n) is 3.05. The van der Waals surface area contributed by atoms with Crippen LogP contribution in [-0.4, -0.2) is 21.1 Å². The fourth-order valence-electron chi connectivity index (χ4n) is 1.52. The molecule has 0 bridgehead atoms. The Morgan fingerprint density at radius 1 is 1.37 bits per heavy atom. The van der Waals surface area contributed by atoms with Crippen LogP contribution in [0.3, 0.4) is 0 Å². The van der Waals surface area contributed by atoms with E-state index in [0.29, 0.717) is 23.0 Å². The Labute approximate surface area is 117 Å². The number of nitrogens with two attached hydrogens (primary N) is 1. The molecule has 0 aliphatic carbocycles.